The number of carbonyl (C=O) groups excluding carboxylic acids is 1. The van der Waals surface area contributed by atoms with Gasteiger partial charge in [-0.25, -0.2) is 8.42 Å². The fourth-order valence-electron chi connectivity index (χ4n) is 2.42. The molecule has 2 aromatic carbocycles. The van der Waals surface area contributed by atoms with Crippen LogP contribution in [0.25, 0.3) is 0 Å². The van der Waals surface area contributed by atoms with Crippen molar-refractivity contribution in [1.82, 2.24) is 0 Å². The van der Waals surface area contributed by atoms with Crippen LogP contribution in [0.5, 0.6) is 5.75 Å². The van der Waals surface area contributed by atoms with Gasteiger partial charge >= 0.3 is 0 Å². The number of nitrogens with one attached hydrogen (secondary N) is 1. The van der Waals surface area contributed by atoms with Crippen molar-refractivity contribution in [1.29, 1.82) is 0 Å². The van der Waals surface area contributed by atoms with E-state index in [2.05, 4.69) is 14.9 Å². The summed E-state index contributed by atoms with van der Waals surface area (Å²) in [7, 11) is -3.84. The number of thiophene rings is 1. The van der Waals surface area contributed by atoms with Gasteiger partial charge in [0.25, 0.3) is 10.0 Å². The standard InChI is InChI=1S/C20H17N3O6S2/c24-18(25)13-29-17-9-4-1-6-14(17)12-21-22-20(26)15-7-2-3-8-16(15)23-31(27,28)19-10-5-11-30-19/h1-12,23H,13H2,(H,22,26)(H,24,25)/p-2/b21-12-. The van der Waals surface area contributed by atoms with Crippen molar-refractivity contribution in [2.45, 2.75) is 4.21 Å². The summed E-state index contributed by atoms with van der Waals surface area (Å²) in [4.78, 5) is 10.6. The third-order valence-electron chi connectivity index (χ3n) is 3.77. The number of anilines is 1. The SMILES string of the molecule is O=C([O-])COc1ccccc1/C=N\N=C([O-])c1ccccc1NS(=O)(=O)c1cccs1. The van der Waals surface area contributed by atoms with Gasteiger partial charge in [-0.2, -0.15) is 10.2 Å². The first kappa shape index (κ1) is 22.0. The monoisotopic (exact) mass is 457 g/mol. The number of rotatable bonds is 9. The first-order valence-corrected chi connectivity index (χ1v) is 11.1. The lowest BCUT2D eigenvalue weighted by Gasteiger charge is -2.15. The maximum Gasteiger partial charge on any atom is 0.271 e. The van der Waals surface area contributed by atoms with Gasteiger partial charge in [-0.15, -0.1) is 11.3 Å². The Hall–Kier alpha value is -3.70. The van der Waals surface area contributed by atoms with Crippen molar-refractivity contribution < 1.29 is 28.2 Å². The molecule has 1 N–H and O–H groups in total. The summed E-state index contributed by atoms with van der Waals surface area (Å²) in [5.41, 5.74) is 0.478. The summed E-state index contributed by atoms with van der Waals surface area (Å²) >= 11 is 1.05. The summed E-state index contributed by atoms with van der Waals surface area (Å²) in [6.45, 7) is -0.640. The van der Waals surface area contributed by atoms with Crippen molar-refractivity contribution in [2.24, 2.45) is 10.2 Å². The Morgan fingerprint density at radius 2 is 1.81 bits per heavy atom. The molecule has 0 saturated carbocycles. The van der Waals surface area contributed by atoms with E-state index in [-0.39, 0.29) is 21.2 Å². The Morgan fingerprint density at radius 1 is 1.06 bits per heavy atom. The van der Waals surface area contributed by atoms with Gasteiger partial charge in [0.15, 0.2) is 0 Å². The minimum Gasteiger partial charge on any atom is -0.857 e. The van der Waals surface area contributed by atoms with E-state index >= 15 is 0 Å². The number of carboxylic acid groups (broad SMARTS) is 1. The van der Waals surface area contributed by atoms with Crippen molar-refractivity contribution in [3.63, 3.8) is 0 Å². The number of aliphatic carboxylic acids is 1. The second-order valence-electron chi connectivity index (χ2n) is 5.93. The van der Waals surface area contributed by atoms with Crippen LogP contribution >= 0.6 is 11.3 Å². The summed E-state index contributed by atoms with van der Waals surface area (Å²) < 4.78 is 32.5. The third-order valence-corrected chi connectivity index (χ3v) is 6.53. The van der Waals surface area contributed by atoms with E-state index in [1.807, 2.05) is 0 Å². The quantitative estimate of drug-likeness (QED) is 0.286. The fraction of sp³-hybridized carbons (Fsp3) is 0.0500. The second-order valence-corrected chi connectivity index (χ2v) is 8.79. The van der Waals surface area contributed by atoms with E-state index in [9.17, 15) is 23.4 Å². The number of carbonyl (C=O) groups is 1. The molecule has 9 nitrogen and oxygen atoms in total. The average Bonchev–Trinajstić information content (AvgIpc) is 3.29. The molecule has 0 atom stereocenters. The zero-order chi connectivity index (χ0) is 22.3. The van der Waals surface area contributed by atoms with E-state index in [0.717, 1.165) is 11.3 Å². The Morgan fingerprint density at radius 3 is 2.55 bits per heavy atom. The van der Waals surface area contributed by atoms with Crippen LogP contribution in [0.15, 0.2) is 80.5 Å². The second kappa shape index (κ2) is 9.87. The predicted octanol–water partition coefficient (Wildman–Crippen LogP) is 0.819. The molecule has 11 heteroatoms. The largest absolute Gasteiger partial charge is 0.857 e. The molecule has 0 aliphatic rings. The minimum absolute atomic E-state index is 0.0151. The van der Waals surface area contributed by atoms with E-state index in [0.29, 0.717) is 5.56 Å². The number of hydrogen-bond donors (Lipinski definition) is 1. The van der Waals surface area contributed by atoms with Crippen molar-refractivity contribution in [3.8, 4) is 5.75 Å². The zero-order valence-electron chi connectivity index (χ0n) is 15.8. The summed E-state index contributed by atoms with van der Waals surface area (Å²) in [5, 5.41) is 32.0. The van der Waals surface area contributed by atoms with Crippen LogP contribution in [0.3, 0.4) is 0 Å². The highest BCUT2D eigenvalue weighted by Crippen LogP contribution is 2.23. The fourth-order valence-corrected chi connectivity index (χ4v) is 4.50. The minimum atomic E-state index is -3.84. The molecule has 3 aromatic rings. The summed E-state index contributed by atoms with van der Waals surface area (Å²) in [6, 6.07) is 15.5. The highest BCUT2D eigenvalue weighted by atomic mass is 32.2. The highest BCUT2D eigenvalue weighted by Gasteiger charge is 2.16. The van der Waals surface area contributed by atoms with Crippen LogP contribution in [0.1, 0.15) is 11.1 Å². The molecule has 0 spiro atoms. The van der Waals surface area contributed by atoms with Gasteiger partial charge < -0.3 is 19.7 Å². The normalized spacial score (nSPS) is 12.1. The number of hydrogen-bond acceptors (Lipinski definition) is 9. The molecule has 0 radical (unpaired) electrons. The summed E-state index contributed by atoms with van der Waals surface area (Å²) in [6.07, 6.45) is 1.22. The molecule has 160 valence electrons. The lowest BCUT2D eigenvalue weighted by molar-refractivity contribution is -0.307. The molecule has 0 aliphatic heterocycles. The number of ether oxygens (including phenoxy) is 1. The highest BCUT2D eigenvalue weighted by molar-refractivity contribution is 7.94. The van der Waals surface area contributed by atoms with Gasteiger partial charge in [-0.3, -0.25) is 4.72 Å². The van der Waals surface area contributed by atoms with Crippen LogP contribution in [0.4, 0.5) is 5.69 Å². The molecule has 0 saturated heterocycles. The van der Waals surface area contributed by atoms with Gasteiger partial charge in [0.2, 0.25) is 0 Å². The lowest BCUT2D eigenvalue weighted by atomic mass is 10.2. The molecular weight excluding hydrogens is 442 g/mol. The topological polar surface area (TPSA) is 143 Å². The van der Waals surface area contributed by atoms with Crippen molar-refractivity contribution in [3.05, 3.63) is 77.2 Å². The van der Waals surface area contributed by atoms with Crippen LogP contribution in [0, 0.1) is 0 Å². The molecule has 0 aliphatic carbocycles. The summed E-state index contributed by atoms with van der Waals surface area (Å²) in [5.74, 6) is -1.93. The molecule has 0 unspecified atom stereocenters. The van der Waals surface area contributed by atoms with Gasteiger partial charge in [-0.1, -0.05) is 36.4 Å². The Kier molecular flexibility index (Phi) is 7.00. The lowest BCUT2D eigenvalue weighted by Crippen LogP contribution is -2.29. The smallest absolute Gasteiger partial charge is 0.271 e. The number of carboxylic acids is 1. The van der Waals surface area contributed by atoms with Crippen LogP contribution in [0.2, 0.25) is 0 Å². The molecule has 0 fully saturated rings. The zero-order valence-corrected chi connectivity index (χ0v) is 17.4. The van der Waals surface area contributed by atoms with Crippen molar-refractivity contribution in [2.75, 3.05) is 11.3 Å². The Labute approximate surface area is 182 Å². The Bertz CT molecular complexity index is 1220. The number of benzene rings is 2. The van der Waals surface area contributed by atoms with E-state index in [1.54, 1.807) is 41.8 Å². The molecule has 0 amide bonds. The van der Waals surface area contributed by atoms with Crippen LogP contribution < -0.4 is 19.7 Å². The predicted molar refractivity (Wildman–Crippen MR) is 113 cm³/mol. The molecule has 1 heterocycles. The molecule has 1 aromatic heterocycles. The molecule has 3 rings (SSSR count). The maximum absolute atomic E-state index is 12.5. The van der Waals surface area contributed by atoms with Crippen LogP contribution in [-0.2, 0) is 14.8 Å². The van der Waals surface area contributed by atoms with Gasteiger partial charge in [0.05, 0.1) is 17.9 Å². The first-order chi connectivity index (χ1) is 14.9. The molecular formula is C20H15N3O6S2-2. The third kappa shape index (κ3) is 5.90. The van der Waals surface area contributed by atoms with Crippen LogP contribution in [-0.4, -0.2) is 33.1 Å². The average molecular weight is 457 g/mol. The first-order valence-electron chi connectivity index (χ1n) is 8.72. The van der Waals surface area contributed by atoms with E-state index in [4.69, 9.17) is 4.74 Å². The van der Waals surface area contributed by atoms with Gasteiger partial charge in [-0.05, 0) is 29.6 Å². The van der Waals surface area contributed by atoms with Crippen molar-refractivity contribution >= 4 is 45.1 Å². The Balaban J connectivity index is 1.81. The van der Waals surface area contributed by atoms with E-state index < -0.39 is 28.5 Å². The van der Waals surface area contributed by atoms with Gasteiger partial charge in [0, 0.05) is 17.0 Å². The van der Waals surface area contributed by atoms with E-state index in [1.165, 1.54) is 30.5 Å². The molecule has 31 heavy (non-hydrogen) atoms. The van der Waals surface area contributed by atoms with Gasteiger partial charge in [0.1, 0.15) is 16.6 Å². The maximum atomic E-state index is 12.5. The number of para-hydroxylation sites is 2. The number of nitrogens with zero attached hydrogens (tertiary/aromatic N) is 2. The molecule has 0 bridgehead atoms. The number of sulfonamides is 1.